The highest BCUT2D eigenvalue weighted by Gasteiger charge is 2.30. The fraction of sp³-hybridized carbons (Fsp3) is 0.647. The molecule has 1 aromatic heterocycles. The molecule has 2 rings (SSSR count). The molecule has 2 heterocycles. The van der Waals surface area contributed by atoms with Gasteiger partial charge in [-0.2, -0.15) is 0 Å². The Bertz CT molecular complexity index is 559. The average molecular weight is 336 g/mol. The van der Waals surface area contributed by atoms with Crippen LogP contribution in [0.1, 0.15) is 34.1 Å². The van der Waals surface area contributed by atoms with E-state index in [1.165, 1.54) is 0 Å². The van der Waals surface area contributed by atoms with Crippen molar-refractivity contribution in [1.82, 2.24) is 10.3 Å². The summed E-state index contributed by atoms with van der Waals surface area (Å²) in [5.74, 6) is 0. The quantitative estimate of drug-likeness (QED) is 0.876. The molecule has 1 aliphatic rings. The number of hydrogen-bond donors (Lipinski definition) is 2. The smallest absolute Gasteiger partial charge is 0.407 e. The number of carbonyl (C=O) groups is 1. The number of carbonyl (C=O) groups excluding carboxylic acids is 1. The number of nitrogens with two attached hydrogens (primary N) is 1. The van der Waals surface area contributed by atoms with Gasteiger partial charge in [0.15, 0.2) is 0 Å². The predicted octanol–water partition coefficient (Wildman–Crippen LogP) is 2.17. The van der Waals surface area contributed by atoms with E-state index in [1.807, 2.05) is 33.8 Å². The second-order valence-electron chi connectivity index (χ2n) is 7.00. The van der Waals surface area contributed by atoms with E-state index in [2.05, 4.69) is 15.2 Å². The first-order chi connectivity index (χ1) is 11.3. The van der Waals surface area contributed by atoms with Gasteiger partial charge in [-0.05, 0) is 40.2 Å². The minimum absolute atomic E-state index is 0.0243. The van der Waals surface area contributed by atoms with Crippen molar-refractivity contribution < 1.29 is 14.3 Å². The second kappa shape index (κ2) is 7.70. The fourth-order valence-electron chi connectivity index (χ4n) is 2.87. The summed E-state index contributed by atoms with van der Waals surface area (Å²) in [6, 6.07) is 1.81. The molecule has 1 aromatic rings. The third-order valence-electron chi connectivity index (χ3n) is 3.70. The van der Waals surface area contributed by atoms with Crippen molar-refractivity contribution in [2.24, 2.45) is 0 Å². The van der Waals surface area contributed by atoms with Crippen LogP contribution in [0.2, 0.25) is 0 Å². The normalized spacial score (nSPS) is 21.4. The highest BCUT2D eigenvalue weighted by Crippen LogP contribution is 2.26. The first-order valence-corrected chi connectivity index (χ1v) is 8.34. The fourth-order valence-corrected chi connectivity index (χ4v) is 2.87. The van der Waals surface area contributed by atoms with Gasteiger partial charge in [0, 0.05) is 25.9 Å². The lowest BCUT2D eigenvalue weighted by Crippen LogP contribution is -2.54. The number of alkyl carbamates (subject to hydrolysis) is 1. The topological polar surface area (TPSA) is 89.7 Å². The minimum atomic E-state index is -0.521. The molecular weight excluding hydrogens is 308 g/mol. The molecule has 7 heteroatoms. The number of aromatic nitrogens is 1. The van der Waals surface area contributed by atoms with Crippen LogP contribution in [-0.2, 0) is 9.47 Å². The standard InChI is InChI=1S/C17H28N4O3/c1-5-23-13-8-12(20-16(22)24-17(2,3)4)10-21(11-13)15-6-7-19-9-14(15)18/h6-7,9,12-13H,5,8,10-11,18H2,1-4H3,(H,20,22)/t12-,13+/m0/s1. The molecule has 134 valence electrons. The maximum Gasteiger partial charge on any atom is 0.407 e. The zero-order valence-electron chi connectivity index (χ0n) is 14.9. The number of hydrogen-bond acceptors (Lipinski definition) is 6. The van der Waals surface area contributed by atoms with Gasteiger partial charge in [0.2, 0.25) is 0 Å². The third kappa shape index (κ3) is 5.26. The summed E-state index contributed by atoms with van der Waals surface area (Å²) in [4.78, 5) is 18.2. The van der Waals surface area contributed by atoms with Gasteiger partial charge in [-0.15, -0.1) is 0 Å². The third-order valence-corrected chi connectivity index (χ3v) is 3.70. The Hall–Kier alpha value is -2.02. The lowest BCUT2D eigenvalue weighted by atomic mass is 10.0. The van der Waals surface area contributed by atoms with Gasteiger partial charge in [-0.1, -0.05) is 0 Å². The van der Waals surface area contributed by atoms with Crippen LogP contribution in [0.4, 0.5) is 16.2 Å². The van der Waals surface area contributed by atoms with Crippen molar-refractivity contribution >= 4 is 17.5 Å². The summed E-state index contributed by atoms with van der Waals surface area (Å²) >= 11 is 0. The maximum atomic E-state index is 12.1. The zero-order chi connectivity index (χ0) is 17.7. The number of piperidine rings is 1. The van der Waals surface area contributed by atoms with Crippen LogP contribution in [-0.4, -0.2) is 48.5 Å². The Balaban J connectivity index is 2.08. The molecule has 2 atom stereocenters. The highest BCUT2D eigenvalue weighted by molar-refractivity contribution is 5.69. The monoisotopic (exact) mass is 336 g/mol. The number of nitrogen functional groups attached to an aromatic ring is 1. The van der Waals surface area contributed by atoms with Gasteiger partial charge in [-0.25, -0.2) is 4.79 Å². The molecule has 3 N–H and O–H groups in total. The van der Waals surface area contributed by atoms with Crippen LogP contribution in [0.3, 0.4) is 0 Å². The SMILES string of the molecule is CCO[C@@H]1C[C@H](NC(=O)OC(C)(C)C)CN(c2ccncc2N)C1. The molecule has 0 aliphatic carbocycles. The highest BCUT2D eigenvalue weighted by atomic mass is 16.6. The van der Waals surface area contributed by atoms with Crippen molar-refractivity contribution in [1.29, 1.82) is 0 Å². The second-order valence-corrected chi connectivity index (χ2v) is 7.00. The van der Waals surface area contributed by atoms with Crippen LogP contribution in [0.25, 0.3) is 0 Å². The summed E-state index contributed by atoms with van der Waals surface area (Å²) in [6.07, 6.45) is 3.71. The van der Waals surface area contributed by atoms with E-state index in [-0.39, 0.29) is 12.1 Å². The molecule has 1 amide bonds. The van der Waals surface area contributed by atoms with Crippen molar-refractivity contribution in [2.75, 3.05) is 30.3 Å². The van der Waals surface area contributed by atoms with E-state index in [0.29, 0.717) is 18.8 Å². The van der Waals surface area contributed by atoms with Crippen LogP contribution in [0, 0.1) is 0 Å². The van der Waals surface area contributed by atoms with Gasteiger partial charge in [0.1, 0.15) is 5.60 Å². The van der Waals surface area contributed by atoms with Crippen LogP contribution >= 0.6 is 0 Å². The molecule has 1 saturated heterocycles. The van der Waals surface area contributed by atoms with E-state index in [4.69, 9.17) is 15.2 Å². The average Bonchev–Trinajstić information content (AvgIpc) is 2.45. The van der Waals surface area contributed by atoms with Gasteiger partial charge in [0.25, 0.3) is 0 Å². The van der Waals surface area contributed by atoms with Crippen LogP contribution in [0.5, 0.6) is 0 Å². The van der Waals surface area contributed by atoms with E-state index in [9.17, 15) is 4.79 Å². The molecule has 0 unspecified atom stereocenters. The van der Waals surface area contributed by atoms with Crippen LogP contribution < -0.4 is 16.0 Å². The lowest BCUT2D eigenvalue weighted by Gasteiger charge is -2.39. The molecular formula is C17H28N4O3. The largest absolute Gasteiger partial charge is 0.444 e. The molecule has 1 fully saturated rings. The zero-order valence-corrected chi connectivity index (χ0v) is 14.9. The van der Waals surface area contributed by atoms with Crippen molar-refractivity contribution in [3.63, 3.8) is 0 Å². The number of anilines is 2. The number of pyridine rings is 1. The Morgan fingerprint density at radius 2 is 2.21 bits per heavy atom. The first-order valence-electron chi connectivity index (χ1n) is 8.34. The molecule has 7 nitrogen and oxygen atoms in total. The van der Waals surface area contributed by atoms with Gasteiger partial charge < -0.3 is 25.4 Å². The molecule has 24 heavy (non-hydrogen) atoms. The van der Waals surface area contributed by atoms with E-state index in [0.717, 1.165) is 18.7 Å². The molecule has 0 saturated carbocycles. The summed E-state index contributed by atoms with van der Waals surface area (Å²) in [5.41, 5.74) is 7.05. The molecule has 0 aromatic carbocycles. The number of rotatable bonds is 4. The van der Waals surface area contributed by atoms with Gasteiger partial charge in [0.05, 0.1) is 29.7 Å². The van der Waals surface area contributed by atoms with E-state index in [1.54, 1.807) is 12.4 Å². The maximum absolute atomic E-state index is 12.1. The van der Waals surface area contributed by atoms with E-state index >= 15 is 0 Å². The predicted molar refractivity (Wildman–Crippen MR) is 94.1 cm³/mol. The lowest BCUT2D eigenvalue weighted by molar-refractivity contribution is 0.0329. The number of nitrogens with zero attached hydrogens (tertiary/aromatic N) is 2. The summed E-state index contributed by atoms with van der Waals surface area (Å²) in [5, 5.41) is 2.94. The number of amides is 1. The van der Waals surface area contributed by atoms with Gasteiger partial charge >= 0.3 is 6.09 Å². The van der Waals surface area contributed by atoms with Crippen molar-refractivity contribution in [3.05, 3.63) is 18.5 Å². The summed E-state index contributed by atoms with van der Waals surface area (Å²) in [7, 11) is 0. The van der Waals surface area contributed by atoms with Gasteiger partial charge in [-0.3, -0.25) is 4.98 Å². The minimum Gasteiger partial charge on any atom is -0.444 e. The number of ether oxygens (including phenoxy) is 2. The molecule has 1 aliphatic heterocycles. The molecule has 0 radical (unpaired) electrons. The Kier molecular flexibility index (Phi) is 5.88. The van der Waals surface area contributed by atoms with E-state index < -0.39 is 11.7 Å². The first kappa shape index (κ1) is 18.3. The molecule has 0 bridgehead atoms. The van der Waals surface area contributed by atoms with Crippen LogP contribution in [0.15, 0.2) is 18.5 Å². The number of nitrogens with one attached hydrogen (secondary N) is 1. The van der Waals surface area contributed by atoms with Crippen molar-refractivity contribution in [2.45, 2.75) is 51.9 Å². The Labute approximate surface area is 143 Å². The molecule has 0 spiro atoms. The summed E-state index contributed by atoms with van der Waals surface area (Å²) < 4.78 is 11.2. The Morgan fingerprint density at radius 1 is 1.46 bits per heavy atom. The summed E-state index contributed by atoms with van der Waals surface area (Å²) in [6.45, 7) is 9.52. The van der Waals surface area contributed by atoms with Crippen molar-refractivity contribution in [3.8, 4) is 0 Å². The Morgan fingerprint density at radius 3 is 2.83 bits per heavy atom.